The van der Waals surface area contributed by atoms with Crippen molar-refractivity contribution >= 4 is 23.2 Å². The molecule has 2 nitrogen and oxygen atoms in total. The molecule has 2 N–H and O–H groups in total. The number of rotatable bonds is 3. The molecule has 1 aliphatic rings. The minimum absolute atomic E-state index is 0.318. The number of likely N-dealkylation sites (tertiary alicyclic amines) is 1. The number of hydrogen-bond acceptors (Lipinski definition) is 2. The van der Waals surface area contributed by atoms with Gasteiger partial charge in [-0.15, -0.1) is 0 Å². The molecule has 1 aromatic carbocycles. The summed E-state index contributed by atoms with van der Waals surface area (Å²) in [4.78, 5) is 2.55. The van der Waals surface area contributed by atoms with E-state index in [-0.39, 0.29) is 0 Å². The molecule has 0 aromatic heterocycles. The SMILES string of the molecule is CC(C)N1CCCCC(CN)C1c1cc(Cl)cc(Cl)c1. The highest BCUT2D eigenvalue weighted by atomic mass is 35.5. The molecule has 0 bridgehead atoms. The summed E-state index contributed by atoms with van der Waals surface area (Å²) in [6.07, 6.45) is 3.66. The van der Waals surface area contributed by atoms with Crippen LogP contribution in [0.15, 0.2) is 18.2 Å². The van der Waals surface area contributed by atoms with Crippen molar-refractivity contribution in [3.63, 3.8) is 0 Å². The zero-order valence-corrected chi connectivity index (χ0v) is 13.8. The normalized spacial score (nSPS) is 24.9. The van der Waals surface area contributed by atoms with E-state index in [4.69, 9.17) is 28.9 Å². The van der Waals surface area contributed by atoms with Gasteiger partial charge in [0.2, 0.25) is 0 Å². The molecule has 1 heterocycles. The van der Waals surface area contributed by atoms with Crippen molar-refractivity contribution in [3.8, 4) is 0 Å². The summed E-state index contributed by atoms with van der Waals surface area (Å²) in [5, 5.41) is 1.41. The van der Waals surface area contributed by atoms with Crippen molar-refractivity contribution in [2.24, 2.45) is 11.7 Å². The Bertz CT molecular complexity index is 428. The summed E-state index contributed by atoms with van der Waals surface area (Å²) in [6, 6.07) is 6.69. The Morgan fingerprint density at radius 3 is 2.40 bits per heavy atom. The molecule has 4 heteroatoms. The van der Waals surface area contributed by atoms with Crippen LogP contribution in [0, 0.1) is 5.92 Å². The van der Waals surface area contributed by atoms with Gasteiger partial charge < -0.3 is 5.73 Å². The molecule has 0 amide bonds. The fraction of sp³-hybridized carbons (Fsp3) is 0.625. The van der Waals surface area contributed by atoms with Gasteiger partial charge in [0.05, 0.1) is 0 Å². The molecule has 1 aromatic rings. The Morgan fingerprint density at radius 1 is 1.20 bits per heavy atom. The van der Waals surface area contributed by atoms with Crippen molar-refractivity contribution in [2.75, 3.05) is 13.1 Å². The van der Waals surface area contributed by atoms with Gasteiger partial charge in [0, 0.05) is 22.1 Å². The first-order chi connectivity index (χ1) is 9.52. The first kappa shape index (κ1) is 16.1. The van der Waals surface area contributed by atoms with E-state index in [0.29, 0.717) is 34.6 Å². The molecule has 0 spiro atoms. The Morgan fingerprint density at radius 2 is 1.85 bits per heavy atom. The van der Waals surface area contributed by atoms with Crippen LogP contribution in [0.1, 0.15) is 44.7 Å². The van der Waals surface area contributed by atoms with Crippen LogP contribution in [0.4, 0.5) is 0 Å². The molecule has 1 fully saturated rings. The molecule has 112 valence electrons. The Balaban J connectivity index is 2.42. The third-order valence-corrected chi connectivity index (χ3v) is 4.67. The lowest BCUT2D eigenvalue weighted by Gasteiger charge is -2.38. The Labute approximate surface area is 132 Å². The third-order valence-electron chi connectivity index (χ3n) is 4.24. The monoisotopic (exact) mass is 314 g/mol. The second-order valence-corrected chi connectivity index (χ2v) is 6.84. The molecule has 1 aliphatic heterocycles. The summed E-state index contributed by atoms with van der Waals surface area (Å²) in [5.41, 5.74) is 7.25. The van der Waals surface area contributed by atoms with E-state index in [2.05, 4.69) is 18.7 Å². The van der Waals surface area contributed by atoms with Gasteiger partial charge in [-0.05, 0) is 69.5 Å². The zero-order chi connectivity index (χ0) is 14.7. The van der Waals surface area contributed by atoms with Gasteiger partial charge in [-0.1, -0.05) is 29.6 Å². The fourth-order valence-electron chi connectivity index (χ4n) is 3.30. The summed E-state index contributed by atoms with van der Waals surface area (Å²) >= 11 is 12.4. The van der Waals surface area contributed by atoms with Crippen LogP contribution >= 0.6 is 23.2 Å². The van der Waals surface area contributed by atoms with E-state index in [1.54, 1.807) is 6.07 Å². The van der Waals surface area contributed by atoms with Gasteiger partial charge in [0.25, 0.3) is 0 Å². The molecular weight excluding hydrogens is 291 g/mol. The molecule has 1 saturated heterocycles. The quantitative estimate of drug-likeness (QED) is 0.889. The topological polar surface area (TPSA) is 29.3 Å². The summed E-state index contributed by atoms with van der Waals surface area (Å²) in [6.45, 7) is 6.32. The van der Waals surface area contributed by atoms with E-state index < -0.39 is 0 Å². The first-order valence-corrected chi connectivity index (χ1v) is 8.20. The lowest BCUT2D eigenvalue weighted by Crippen LogP contribution is -2.39. The standard InChI is InChI=1S/C16H24Cl2N2/c1-11(2)20-6-4-3-5-12(10-19)16(20)13-7-14(17)9-15(18)8-13/h7-9,11-12,16H,3-6,10,19H2,1-2H3. The lowest BCUT2D eigenvalue weighted by atomic mass is 9.88. The third kappa shape index (κ3) is 3.67. The van der Waals surface area contributed by atoms with Crippen molar-refractivity contribution in [1.82, 2.24) is 4.90 Å². The summed E-state index contributed by atoms with van der Waals surface area (Å²) in [7, 11) is 0. The van der Waals surface area contributed by atoms with E-state index in [1.807, 2.05) is 12.1 Å². The highest BCUT2D eigenvalue weighted by molar-refractivity contribution is 6.34. The number of hydrogen-bond donors (Lipinski definition) is 1. The van der Waals surface area contributed by atoms with Crippen LogP contribution in [0.25, 0.3) is 0 Å². The van der Waals surface area contributed by atoms with E-state index >= 15 is 0 Å². The minimum Gasteiger partial charge on any atom is -0.330 e. The predicted octanol–water partition coefficient (Wildman–Crippen LogP) is 4.50. The van der Waals surface area contributed by atoms with E-state index in [1.165, 1.54) is 24.8 Å². The molecule has 0 saturated carbocycles. The molecule has 2 unspecified atom stereocenters. The minimum atomic E-state index is 0.318. The largest absolute Gasteiger partial charge is 0.330 e. The van der Waals surface area contributed by atoms with Crippen LogP contribution in [0.2, 0.25) is 10.0 Å². The van der Waals surface area contributed by atoms with Crippen molar-refractivity contribution in [2.45, 2.75) is 45.2 Å². The maximum atomic E-state index is 6.19. The van der Waals surface area contributed by atoms with Gasteiger partial charge >= 0.3 is 0 Å². The van der Waals surface area contributed by atoms with Crippen LogP contribution in [-0.2, 0) is 0 Å². The van der Waals surface area contributed by atoms with Gasteiger partial charge in [0.15, 0.2) is 0 Å². The number of nitrogens with zero attached hydrogens (tertiary/aromatic N) is 1. The number of benzene rings is 1. The highest BCUT2D eigenvalue weighted by Crippen LogP contribution is 2.37. The van der Waals surface area contributed by atoms with Crippen LogP contribution in [-0.4, -0.2) is 24.0 Å². The first-order valence-electron chi connectivity index (χ1n) is 7.44. The number of nitrogens with two attached hydrogens (primary N) is 1. The molecule has 2 atom stereocenters. The van der Waals surface area contributed by atoms with Crippen LogP contribution in [0.5, 0.6) is 0 Å². The maximum Gasteiger partial charge on any atom is 0.0424 e. The second-order valence-electron chi connectivity index (χ2n) is 5.97. The molecule has 2 rings (SSSR count). The van der Waals surface area contributed by atoms with E-state index in [0.717, 1.165) is 6.54 Å². The molecule has 20 heavy (non-hydrogen) atoms. The van der Waals surface area contributed by atoms with Gasteiger partial charge in [-0.2, -0.15) is 0 Å². The Kier molecular flexibility index (Phi) is 5.74. The smallest absolute Gasteiger partial charge is 0.0424 e. The maximum absolute atomic E-state index is 6.19. The van der Waals surface area contributed by atoms with Crippen LogP contribution < -0.4 is 5.73 Å². The summed E-state index contributed by atoms with van der Waals surface area (Å²) in [5.74, 6) is 0.467. The van der Waals surface area contributed by atoms with Gasteiger partial charge in [-0.3, -0.25) is 4.90 Å². The Hall–Kier alpha value is -0.280. The predicted molar refractivity (Wildman–Crippen MR) is 87.4 cm³/mol. The van der Waals surface area contributed by atoms with Crippen LogP contribution in [0.3, 0.4) is 0 Å². The molecule has 0 radical (unpaired) electrons. The van der Waals surface area contributed by atoms with Gasteiger partial charge in [0.1, 0.15) is 0 Å². The van der Waals surface area contributed by atoms with E-state index in [9.17, 15) is 0 Å². The van der Waals surface area contributed by atoms with Crippen molar-refractivity contribution in [3.05, 3.63) is 33.8 Å². The molecule has 0 aliphatic carbocycles. The second kappa shape index (κ2) is 7.13. The number of halogens is 2. The highest BCUT2D eigenvalue weighted by Gasteiger charge is 2.31. The van der Waals surface area contributed by atoms with Crippen molar-refractivity contribution in [1.29, 1.82) is 0 Å². The average Bonchev–Trinajstić information content (AvgIpc) is 2.59. The fourth-order valence-corrected chi connectivity index (χ4v) is 3.85. The summed E-state index contributed by atoms with van der Waals surface area (Å²) < 4.78 is 0. The van der Waals surface area contributed by atoms with Crippen molar-refractivity contribution < 1.29 is 0 Å². The lowest BCUT2D eigenvalue weighted by molar-refractivity contribution is 0.121. The zero-order valence-electron chi connectivity index (χ0n) is 12.3. The molecular formula is C16H24Cl2N2. The van der Waals surface area contributed by atoms with Gasteiger partial charge in [-0.25, -0.2) is 0 Å². The average molecular weight is 315 g/mol.